The minimum Gasteiger partial charge on any atom is -0.493 e. The molecule has 1 aliphatic carbocycles. The van der Waals surface area contributed by atoms with Gasteiger partial charge in [0.15, 0.2) is 11.5 Å². The van der Waals surface area contributed by atoms with Crippen molar-refractivity contribution in [2.24, 2.45) is 0 Å². The number of benzene rings is 2. The number of hydrogen-bond acceptors (Lipinski definition) is 3. The molecule has 0 bridgehead atoms. The van der Waals surface area contributed by atoms with Gasteiger partial charge in [-0.05, 0) is 50.8 Å². The second-order valence-electron chi connectivity index (χ2n) is 6.86. The van der Waals surface area contributed by atoms with Crippen molar-refractivity contribution in [3.05, 3.63) is 70.3 Å². The van der Waals surface area contributed by atoms with Gasteiger partial charge in [-0.15, -0.1) is 12.4 Å². The molecule has 0 saturated carbocycles. The molecule has 2 aromatic carbocycles. The van der Waals surface area contributed by atoms with Crippen molar-refractivity contribution in [2.75, 3.05) is 13.7 Å². The fourth-order valence-corrected chi connectivity index (χ4v) is 3.58. The summed E-state index contributed by atoms with van der Waals surface area (Å²) in [5, 5.41) is 4.26. The van der Waals surface area contributed by atoms with Gasteiger partial charge in [0, 0.05) is 22.7 Å². The Hall–Kier alpha value is -1.68. The van der Waals surface area contributed by atoms with Crippen LogP contribution in [0.1, 0.15) is 43.2 Å². The van der Waals surface area contributed by atoms with E-state index in [4.69, 9.17) is 21.1 Å². The highest BCUT2D eigenvalue weighted by Gasteiger charge is 2.12. The van der Waals surface area contributed by atoms with Crippen molar-refractivity contribution in [3.63, 3.8) is 0 Å². The van der Waals surface area contributed by atoms with E-state index in [0.717, 1.165) is 42.1 Å². The fraction of sp³-hybridized carbons (Fsp3) is 0.391. The maximum Gasteiger partial charge on any atom is 0.166 e. The summed E-state index contributed by atoms with van der Waals surface area (Å²) >= 11 is 6.25. The maximum absolute atomic E-state index is 6.25. The van der Waals surface area contributed by atoms with Crippen LogP contribution in [0, 0.1) is 0 Å². The van der Waals surface area contributed by atoms with Gasteiger partial charge in [0.25, 0.3) is 0 Å². The van der Waals surface area contributed by atoms with Crippen LogP contribution in [0.4, 0.5) is 0 Å². The molecule has 0 aromatic heterocycles. The fourth-order valence-electron chi connectivity index (χ4n) is 3.39. The lowest BCUT2D eigenvalue weighted by Crippen LogP contribution is -2.16. The van der Waals surface area contributed by atoms with Gasteiger partial charge in [0.05, 0.1) is 7.11 Å². The molecule has 0 radical (unpaired) electrons. The Balaban J connectivity index is 0.00000280. The van der Waals surface area contributed by atoms with Crippen molar-refractivity contribution < 1.29 is 9.47 Å². The third-order valence-electron chi connectivity index (χ3n) is 4.93. The van der Waals surface area contributed by atoms with Gasteiger partial charge in [-0.1, -0.05) is 53.6 Å². The van der Waals surface area contributed by atoms with E-state index >= 15 is 0 Å². The van der Waals surface area contributed by atoms with Gasteiger partial charge in [0.2, 0.25) is 0 Å². The molecule has 0 amide bonds. The Morgan fingerprint density at radius 3 is 2.61 bits per heavy atom. The van der Waals surface area contributed by atoms with Crippen molar-refractivity contribution in [1.82, 2.24) is 5.32 Å². The quantitative estimate of drug-likeness (QED) is 0.378. The highest BCUT2D eigenvalue weighted by molar-refractivity contribution is 6.31. The Morgan fingerprint density at radius 2 is 1.86 bits per heavy atom. The normalized spacial score (nSPS) is 13.4. The standard InChI is InChI=1S/C23H28ClNO2.ClH/c1-26-22-13-7-11-19(16-25-15-14-18-8-3-2-4-9-18)23(22)27-17-20-10-5-6-12-21(20)24;/h5-8,10-13,25H,2-4,9,14-17H2,1H3;1H. The summed E-state index contributed by atoms with van der Waals surface area (Å²) < 4.78 is 11.6. The van der Waals surface area contributed by atoms with Crippen LogP contribution in [-0.2, 0) is 13.2 Å². The molecule has 28 heavy (non-hydrogen) atoms. The minimum atomic E-state index is 0. The van der Waals surface area contributed by atoms with E-state index in [0.29, 0.717) is 11.6 Å². The molecule has 0 atom stereocenters. The molecule has 152 valence electrons. The minimum absolute atomic E-state index is 0. The molecule has 0 saturated heterocycles. The highest BCUT2D eigenvalue weighted by Crippen LogP contribution is 2.32. The molecule has 2 aromatic rings. The third-order valence-corrected chi connectivity index (χ3v) is 5.30. The molecule has 0 heterocycles. The van der Waals surface area contributed by atoms with E-state index in [1.165, 1.54) is 25.7 Å². The van der Waals surface area contributed by atoms with E-state index in [2.05, 4.69) is 17.5 Å². The molecule has 3 nitrogen and oxygen atoms in total. The molecular formula is C23H29Cl2NO2. The number of halogens is 2. The van der Waals surface area contributed by atoms with Gasteiger partial charge in [-0.2, -0.15) is 0 Å². The largest absolute Gasteiger partial charge is 0.493 e. The number of allylic oxidation sites excluding steroid dienone is 1. The van der Waals surface area contributed by atoms with Crippen LogP contribution in [0.25, 0.3) is 0 Å². The number of hydrogen-bond donors (Lipinski definition) is 1. The predicted octanol–water partition coefficient (Wildman–Crippen LogP) is 6.33. The summed E-state index contributed by atoms with van der Waals surface area (Å²) in [7, 11) is 1.67. The molecule has 0 fully saturated rings. The van der Waals surface area contributed by atoms with Crippen molar-refractivity contribution in [3.8, 4) is 11.5 Å². The first-order valence-corrected chi connectivity index (χ1v) is 10.1. The van der Waals surface area contributed by atoms with E-state index in [1.54, 1.807) is 12.7 Å². The van der Waals surface area contributed by atoms with Crippen molar-refractivity contribution in [2.45, 2.75) is 45.3 Å². The maximum atomic E-state index is 6.25. The van der Waals surface area contributed by atoms with Crippen LogP contribution in [0.5, 0.6) is 11.5 Å². The zero-order chi connectivity index (χ0) is 18.9. The second-order valence-corrected chi connectivity index (χ2v) is 7.27. The predicted molar refractivity (Wildman–Crippen MR) is 119 cm³/mol. The summed E-state index contributed by atoms with van der Waals surface area (Å²) in [6, 6.07) is 13.8. The van der Waals surface area contributed by atoms with Gasteiger partial charge in [-0.25, -0.2) is 0 Å². The molecular weight excluding hydrogens is 393 g/mol. The average Bonchev–Trinajstić information content (AvgIpc) is 2.71. The number of methoxy groups -OCH3 is 1. The SMILES string of the molecule is COc1cccc(CNCCC2=CCCCC2)c1OCc1ccccc1Cl.Cl. The molecule has 1 N–H and O–H groups in total. The van der Waals surface area contributed by atoms with Gasteiger partial charge in [-0.3, -0.25) is 0 Å². The molecule has 1 aliphatic rings. The van der Waals surface area contributed by atoms with E-state index in [-0.39, 0.29) is 12.4 Å². The number of para-hydroxylation sites is 1. The molecule has 0 aliphatic heterocycles. The third kappa shape index (κ3) is 6.44. The smallest absolute Gasteiger partial charge is 0.166 e. The summed E-state index contributed by atoms with van der Waals surface area (Å²) in [5.74, 6) is 1.53. The van der Waals surface area contributed by atoms with E-state index in [1.807, 2.05) is 36.4 Å². The summed E-state index contributed by atoms with van der Waals surface area (Å²) in [5.41, 5.74) is 3.65. The first-order chi connectivity index (χ1) is 13.3. The molecule has 0 unspecified atom stereocenters. The van der Waals surface area contributed by atoms with Crippen LogP contribution < -0.4 is 14.8 Å². The number of rotatable bonds is 9. The molecule has 3 rings (SSSR count). The lowest BCUT2D eigenvalue weighted by atomic mass is 9.97. The lowest BCUT2D eigenvalue weighted by Gasteiger charge is -2.17. The zero-order valence-electron chi connectivity index (χ0n) is 16.4. The first-order valence-electron chi connectivity index (χ1n) is 9.68. The zero-order valence-corrected chi connectivity index (χ0v) is 18.0. The van der Waals surface area contributed by atoms with Crippen LogP contribution in [-0.4, -0.2) is 13.7 Å². The van der Waals surface area contributed by atoms with Crippen LogP contribution in [0.3, 0.4) is 0 Å². The molecule has 5 heteroatoms. The summed E-state index contributed by atoms with van der Waals surface area (Å²) in [4.78, 5) is 0. The van der Waals surface area contributed by atoms with Crippen LogP contribution in [0.15, 0.2) is 54.1 Å². The van der Waals surface area contributed by atoms with Crippen LogP contribution >= 0.6 is 24.0 Å². The Morgan fingerprint density at radius 1 is 1.04 bits per heavy atom. The van der Waals surface area contributed by atoms with Gasteiger partial charge < -0.3 is 14.8 Å². The Kier molecular flexibility index (Phi) is 9.69. The number of ether oxygens (including phenoxy) is 2. The topological polar surface area (TPSA) is 30.5 Å². The summed E-state index contributed by atoms with van der Waals surface area (Å²) in [6.45, 7) is 2.15. The van der Waals surface area contributed by atoms with Crippen molar-refractivity contribution >= 4 is 24.0 Å². The monoisotopic (exact) mass is 421 g/mol. The highest BCUT2D eigenvalue weighted by atomic mass is 35.5. The Labute approximate surface area is 179 Å². The van der Waals surface area contributed by atoms with Gasteiger partial charge in [0.1, 0.15) is 6.61 Å². The number of nitrogens with one attached hydrogen (secondary N) is 1. The summed E-state index contributed by atoms with van der Waals surface area (Å²) in [6.07, 6.45) is 8.71. The second kappa shape index (κ2) is 12.0. The first kappa shape index (κ1) is 22.6. The van der Waals surface area contributed by atoms with E-state index < -0.39 is 0 Å². The van der Waals surface area contributed by atoms with Crippen LogP contribution in [0.2, 0.25) is 5.02 Å². The molecule has 0 spiro atoms. The van der Waals surface area contributed by atoms with Gasteiger partial charge >= 0.3 is 0 Å². The van der Waals surface area contributed by atoms with Crippen molar-refractivity contribution in [1.29, 1.82) is 0 Å². The Bertz CT molecular complexity index is 777. The average molecular weight is 422 g/mol. The van der Waals surface area contributed by atoms with E-state index in [9.17, 15) is 0 Å². The lowest BCUT2D eigenvalue weighted by molar-refractivity contribution is 0.280.